The van der Waals surface area contributed by atoms with Crippen molar-refractivity contribution in [1.82, 2.24) is 10.0 Å². The molecule has 0 radical (unpaired) electrons. The highest BCUT2D eigenvalue weighted by molar-refractivity contribution is 7.89. The number of hydrogen-bond acceptors (Lipinski definition) is 5. The van der Waals surface area contributed by atoms with Crippen molar-refractivity contribution in [2.45, 2.75) is 31.3 Å². The molecule has 1 unspecified atom stereocenters. The normalized spacial score (nSPS) is 12.2. The molecule has 0 saturated heterocycles. The maximum atomic E-state index is 12.8. The summed E-state index contributed by atoms with van der Waals surface area (Å²) >= 11 is 0. The third-order valence-corrected chi connectivity index (χ3v) is 6.07. The van der Waals surface area contributed by atoms with Crippen molar-refractivity contribution >= 4 is 15.9 Å². The second-order valence-corrected chi connectivity index (χ2v) is 8.58. The second kappa shape index (κ2) is 8.95. The molecule has 30 heavy (non-hydrogen) atoms. The molecule has 2 N–H and O–H groups in total. The molecule has 154 valence electrons. The summed E-state index contributed by atoms with van der Waals surface area (Å²) in [6.45, 7) is 3.58. The molecule has 8 heteroatoms. The lowest BCUT2D eigenvalue weighted by atomic mass is 10.0. The molecule has 0 aliphatic heterocycles. The highest BCUT2D eigenvalue weighted by Gasteiger charge is 2.19. The van der Waals surface area contributed by atoms with Gasteiger partial charge in [-0.15, -0.1) is 0 Å². The zero-order valence-electron chi connectivity index (χ0n) is 16.5. The molecule has 3 rings (SSSR count). The molecule has 0 spiro atoms. The van der Waals surface area contributed by atoms with Crippen LogP contribution >= 0.6 is 0 Å². The molecule has 0 fully saturated rings. The van der Waals surface area contributed by atoms with E-state index in [0.29, 0.717) is 16.9 Å². The van der Waals surface area contributed by atoms with E-state index in [-0.39, 0.29) is 29.0 Å². The lowest BCUT2D eigenvalue weighted by molar-refractivity contribution is 0.0939. The predicted octanol–water partition coefficient (Wildman–Crippen LogP) is 3.43. The van der Waals surface area contributed by atoms with Gasteiger partial charge in [0.2, 0.25) is 10.0 Å². The van der Waals surface area contributed by atoms with Crippen LogP contribution in [0.5, 0.6) is 0 Å². The highest BCUT2D eigenvalue weighted by atomic mass is 32.2. The largest absolute Gasteiger partial charge is 0.468 e. The molecule has 0 saturated carbocycles. The number of nitrogens with zero attached hydrogens (tertiary/aromatic N) is 1. The van der Waals surface area contributed by atoms with Gasteiger partial charge < -0.3 is 9.73 Å². The van der Waals surface area contributed by atoms with Gasteiger partial charge in [-0.25, -0.2) is 13.1 Å². The zero-order valence-corrected chi connectivity index (χ0v) is 17.4. The van der Waals surface area contributed by atoms with Crippen LogP contribution in [0.1, 0.15) is 45.8 Å². The SMILES string of the molecule is Cc1ccc(S(=O)(=O)NCc2ccco2)cc1C(=O)NC(C)c1ccc(C#N)cc1. The van der Waals surface area contributed by atoms with Gasteiger partial charge in [0.05, 0.1) is 35.4 Å². The molecule has 1 amide bonds. The van der Waals surface area contributed by atoms with E-state index in [0.717, 1.165) is 5.56 Å². The van der Waals surface area contributed by atoms with Crippen LogP contribution in [-0.2, 0) is 16.6 Å². The summed E-state index contributed by atoms with van der Waals surface area (Å²) in [6, 6.07) is 16.4. The number of nitriles is 1. The fraction of sp³-hybridized carbons (Fsp3) is 0.182. The van der Waals surface area contributed by atoms with Gasteiger partial charge in [-0.1, -0.05) is 18.2 Å². The number of benzene rings is 2. The molecular formula is C22H21N3O4S. The summed E-state index contributed by atoms with van der Waals surface area (Å²) in [7, 11) is -3.82. The minimum atomic E-state index is -3.82. The van der Waals surface area contributed by atoms with Crippen molar-refractivity contribution in [2.75, 3.05) is 0 Å². The molecule has 0 aliphatic rings. The Labute approximate surface area is 175 Å². The molecule has 0 bridgehead atoms. The Balaban J connectivity index is 1.76. The number of rotatable bonds is 7. The molecule has 3 aromatic rings. The molecule has 1 aromatic heterocycles. The number of carbonyl (C=O) groups excluding carboxylic acids is 1. The Morgan fingerprint density at radius 1 is 1.17 bits per heavy atom. The number of amides is 1. The summed E-state index contributed by atoms with van der Waals surface area (Å²) in [5.41, 5.74) is 2.30. The summed E-state index contributed by atoms with van der Waals surface area (Å²) in [6.07, 6.45) is 1.47. The average molecular weight is 423 g/mol. The van der Waals surface area contributed by atoms with Crippen LogP contribution < -0.4 is 10.0 Å². The van der Waals surface area contributed by atoms with E-state index in [4.69, 9.17) is 9.68 Å². The van der Waals surface area contributed by atoms with Crippen molar-refractivity contribution in [3.8, 4) is 6.07 Å². The monoisotopic (exact) mass is 423 g/mol. The smallest absolute Gasteiger partial charge is 0.252 e. The Bertz CT molecular complexity index is 1180. The van der Waals surface area contributed by atoms with Crippen LogP contribution in [0.2, 0.25) is 0 Å². The van der Waals surface area contributed by atoms with Crippen molar-refractivity contribution in [2.24, 2.45) is 0 Å². The predicted molar refractivity (Wildman–Crippen MR) is 111 cm³/mol. The number of aryl methyl sites for hydroxylation is 1. The number of sulfonamides is 1. The van der Waals surface area contributed by atoms with E-state index in [1.54, 1.807) is 49.4 Å². The quantitative estimate of drug-likeness (QED) is 0.605. The van der Waals surface area contributed by atoms with E-state index in [1.165, 1.54) is 18.4 Å². The number of nitrogens with one attached hydrogen (secondary N) is 2. The summed E-state index contributed by atoms with van der Waals surface area (Å²) in [5, 5.41) is 11.8. The van der Waals surface area contributed by atoms with E-state index < -0.39 is 10.0 Å². The van der Waals surface area contributed by atoms with Crippen LogP contribution in [0.4, 0.5) is 0 Å². The third kappa shape index (κ3) is 4.95. The van der Waals surface area contributed by atoms with Crippen LogP contribution in [0.3, 0.4) is 0 Å². The van der Waals surface area contributed by atoms with Crippen LogP contribution in [0.25, 0.3) is 0 Å². The van der Waals surface area contributed by atoms with Gasteiger partial charge in [0.15, 0.2) is 0 Å². The van der Waals surface area contributed by atoms with Gasteiger partial charge in [0.1, 0.15) is 5.76 Å². The van der Waals surface area contributed by atoms with Gasteiger partial charge in [0.25, 0.3) is 5.91 Å². The lowest BCUT2D eigenvalue weighted by Gasteiger charge is -2.16. The maximum Gasteiger partial charge on any atom is 0.252 e. The van der Waals surface area contributed by atoms with E-state index in [2.05, 4.69) is 16.1 Å². The minimum absolute atomic E-state index is 0.00386. The van der Waals surface area contributed by atoms with E-state index in [9.17, 15) is 13.2 Å². The first-order valence-electron chi connectivity index (χ1n) is 9.24. The molecule has 1 atom stereocenters. The topological polar surface area (TPSA) is 112 Å². The van der Waals surface area contributed by atoms with Crippen molar-refractivity contribution in [3.05, 3.63) is 88.9 Å². The summed E-state index contributed by atoms with van der Waals surface area (Å²) < 4.78 is 32.8. The Hall–Kier alpha value is -3.41. The average Bonchev–Trinajstić information content (AvgIpc) is 3.26. The minimum Gasteiger partial charge on any atom is -0.468 e. The van der Waals surface area contributed by atoms with Crippen molar-refractivity contribution in [3.63, 3.8) is 0 Å². The standard InChI is InChI=1S/C22H21N3O4S/c1-15-5-10-20(30(27,28)24-14-19-4-3-11-29-19)12-21(15)22(26)25-16(2)18-8-6-17(13-23)7-9-18/h3-12,16,24H,14H2,1-2H3,(H,25,26). The Morgan fingerprint density at radius 3 is 2.53 bits per heavy atom. The summed E-state index contributed by atoms with van der Waals surface area (Å²) in [4.78, 5) is 12.8. The van der Waals surface area contributed by atoms with Crippen molar-refractivity contribution in [1.29, 1.82) is 5.26 Å². The third-order valence-electron chi connectivity index (χ3n) is 4.67. The molecular weight excluding hydrogens is 402 g/mol. The number of hydrogen-bond donors (Lipinski definition) is 2. The van der Waals surface area contributed by atoms with Gasteiger partial charge in [-0.2, -0.15) is 5.26 Å². The van der Waals surface area contributed by atoms with Crippen LogP contribution in [0.15, 0.2) is 70.2 Å². The highest BCUT2D eigenvalue weighted by Crippen LogP contribution is 2.19. The second-order valence-electron chi connectivity index (χ2n) is 6.81. The Kier molecular flexibility index (Phi) is 6.35. The molecule has 2 aromatic carbocycles. The van der Waals surface area contributed by atoms with E-state index in [1.807, 2.05) is 6.92 Å². The van der Waals surface area contributed by atoms with Crippen LogP contribution in [-0.4, -0.2) is 14.3 Å². The number of carbonyl (C=O) groups is 1. The van der Waals surface area contributed by atoms with Crippen LogP contribution in [0, 0.1) is 18.3 Å². The fourth-order valence-electron chi connectivity index (χ4n) is 2.88. The summed E-state index contributed by atoms with van der Waals surface area (Å²) in [5.74, 6) is 0.104. The van der Waals surface area contributed by atoms with Gasteiger partial charge >= 0.3 is 0 Å². The maximum absolute atomic E-state index is 12.8. The first-order chi connectivity index (χ1) is 14.3. The van der Waals surface area contributed by atoms with Crippen molar-refractivity contribution < 1.29 is 17.6 Å². The number of furan rings is 1. The molecule has 7 nitrogen and oxygen atoms in total. The molecule has 1 heterocycles. The fourth-order valence-corrected chi connectivity index (χ4v) is 3.90. The van der Waals surface area contributed by atoms with Gasteiger partial charge in [-0.3, -0.25) is 4.79 Å². The van der Waals surface area contributed by atoms with Gasteiger partial charge in [-0.05, 0) is 61.4 Å². The zero-order chi connectivity index (χ0) is 21.7. The first-order valence-corrected chi connectivity index (χ1v) is 10.7. The Morgan fingerprint density at radius 2 is 1.90 bits per heavy atom. The first kappa shape index (κ1) is 21.3. The van der Waals surface area contributed by atoms with E-state index >= 15 is 0 Å². The lowest BCUT2D eigenvalue weighted by Crippen LogP contribution is -2.28. The molecule has 0 aliphatic carbocycles. The van der Waals surface area contributed by atoms with Gasteiger partial charge in [0, 0.05) is 5.56 Å².